The van der Waals surface area contributed by atoms with E-state index in [1.807, 2.05) is 0 Å². The van der Waals surface area contributed by atoms with Crippen LogP contribution in [0.2, 0.25) is 0 Å². The minimum absolute atomic E-state index is 0.285. The molecule has 0 saturated carbocycles. The molecule has 0 bridgehead atoms. The lowest BCUT2D eigenvalue weighted by atomic mass is 10.2. The molecule has 8 heteroatoms. The third kappa shape index (κ3) is 2.91. The largest absolute Gasteiger partial charge is 0.497 e. The first-order valence-corrected chi connectivity index (χ1v) is 6.08. The van der Waals surface area contributed by atoms with Crippen LogP contribution in [0.15, 0.2) is 18.2 Å². The Hall–Kier alpha value is -2.35. The number of aromatic nitrogens is 2. The molecule has 0 fully saturated rings. The molecule has 0 saturated heterocycles. The number of hydrogen-bond donors (Lipinski definition) is 2. The molecule has 19 heavy (non-hydrogen) atoms. The highest BCUT2D eigenvalue weighted by molar-refractivity contribution is 7.19. The summed E-state index contributed by atoms with van der Waals surface area (Å²) >= 11 is 1.09. The zero-order valence-electron chi connectivity index (χ0n) is 10.3. The number of nitrogens with two attached hydrogens (primary N) is 1. The second-order valence-electron chi connectivity index (χ2n) is 3.47. The van der Waals surface area contributed by atoms with Gasteiger partial charge in [0, 0.05) is 0 Å². The predicted molar refractivity (Wildman–Crippen MR) is 71.8 cm³/mol. The van der Waals surface area contributed by atoms with Crippen LogP contribution in [0.4, 0.5) is 10.3 Å². The van der Waals surface area contributed by atoms with Crippen LogP contribution in [0.25, 0.3) is 0 Å². The maximum absolute atomic E-state index is 12.1. The van der Waals surface area contributed by atoms with Crippen LogP contribution in [-0.4, -0.2) is 30.3 Å². The van der Waals surface area contributed by atoms with E-state index in [4.69, 9.17) is 15.2 Å². The van der Waals surface area contributed by atoms with Crippen molar-refractivity contribution >= 4 is 27.5 Å². The number of nitrogens with zero attached hydrogens (tertiary/aromatic N) is 2. The van der Waals surface area contributed by atoms with E-state index in [1.54, 1.807) is 18.2 Å². The normalized spacial score (nSPS) is 10.0. The molecular weight excluding hydrogens is 268 g/mol. The smallest absolute Gasteiger partial charge is 0.261 e. The van der Waals surface area contributed by atoms with Crippen molar-refractivity contribution in [3.8, 4) is 11.5 Å². The Morgan fingerprint density at radius 2 is 2.11 bits per heavy atom. The van der Waals surface area contributed by atoms with Crippen LogP contribution in [0, 0.1) is 0 Å². The molecule has 2 rings (SSSR count). The number of hydrogen-bond acceptors (Lipinski definition) is 7. The Morgan fingerprint density at radius 1 is 1.32 bits per heavy atom. The molecule has 0 spiro atoms. The van der Waals surface area contributed by atoms with Gasteiger partial charge >= 0.3 is 0 Å². The quantitative estimate of drug-likeness (QED) is 0.878. The number of carbonyl (C=O) groups is 1. The topological polar surface area (TPSA) is 99.4 Å². The minimum atomic E-state index is -0.369. The second kappa shape index (κ2) is 5.53. The number of carbonyl (C=O) groups excluding carboxylic acids is 1. The standard InChI is InChI=1S/C11H12N4O3S/c1-17-6-3-4-8(18-2)7(5-6)9(16)13-11-15-14-10(12)19-11/h3-5H,1-2H3,(H2,12,14)(H,13,15,16). The maximum atomic E-state index is 12.1. The Bertz CT molecular complexity index is 599. The van der Waals surface area contributed by atoms with Crippen molar-refractivity contribution in [2.45, 2.75) is 0 Å². The molecule has 0 unspecified atom stereocenters. The fourth-order valence-electron chi connectivity index (χ4n) is 1.44. The van der Waals surface area contributed by atoms with Crippen molar-refractivity contribution in [1.82, 2.24) is 10.2 Å². The van der Waals surface area contributed by atoms with Crippen molar-refractivity contribution in [3.05, 3.63) is 23.8 Å². The highest BCUT2D eigenvalue weighted by atomic mass is 32.1. The Kier molecular flexibility index (Phi) is 3.81. The summed E-state index contributed by atoms with van der Waals surface area (Å²) in [5.74, 6) is 0.630. The molecule has 0 atom stereocenters. The summed E-state index contributed by atoms with van der Waals surface area (Å²) in [6.45, 7) is 0. The number of methoxy groups -OCH3 is 2. The van der Waals surface area contributed by atoms with Crippen LogP contribution in [-0.2, 0) is 0 Å². The predicted octanol–water partition coefficient (Wildman–Crippen LogP) is 1.39. The highest BCUT2D eigenvalue weighted by Gasteiger charge is 2.15. The van der Waals surface area contributed by atoms with Gasteiger partial charge in [-0.2, -0.15) is 0 Å². The van der Waals surface area contributed by atoms with Gasteiger partial charge in [0.05, 0.1) is 19.8 Å². The molecule has 2 aromatic rings. The van der Waals surface area contributed by atoms with Gasteiger partial charge in [-0.1, -0.05) is 11.3 Å². The van der Waals surface area contributed by atoms with E-state index in [0.29, 0.717) is 22.2 Å². The van der Waals surface area contributed by atoms with Crippen molar-refractivity contribution in [3.63, 3.8) is 0 Å². The van der Waals surface area contributed by atoms with E-state index in [9.17, 15) is 4.79 Å². The fraction of sp³-hybridized carbons (Fsp3) is 0.182. The molecule has 0 aliphatic rings. The lowest BCUT2D eigenvalue weighted by Crippen LogP contribution is -2.13. The Labute approximate surface area is 113 Å². The number of rotatable bonds is 4. The summed E-state index contributed by atoms with van der Waals surface area (Å²) in [5.41, 5.74) is 5.79. The Balaban J connectivity index is 2.26. The van der Waals surface area contributed by atoms with Crippen molar-refractivity contribution in [1.29, 1.82) is 0 Å². The van der Waals surface area contributed by atoms with Crippen LogP contribution < -0.4 is 20.5 Å². The van der Waals surface area contributed by atoms with Crippen molar-refractivity contribution in [2.75, 3.05) is 25.3 Å². The molecular formula is C11H12N4O3S. The highest BCUT2D eigenvalue weighted by Crippen LogP contribution is 2.25. The van der Waals surface area contributed by atoms with Gasteiger partial charge in [-0.3, -0.25) is 10.1 Å². The van der Waals surface area contributed by atoms with Gasteiger partial charge < -0.3 is 15.2 Å². The SMILES string of the molecule is COc1ccc(OC)c(C(=O)Nc2nnc(N)s2)c1. The zero-order chi connectivity index (χ0) is 13.8. The van der Waals surface area contributed by atoms with Gasteiger partial charge in [0.25, 0.3) is 5.91 Å². The molecule has 1 amide bonds. The van der Waals surface area contributed by atoms with Gasteiger partial charge in [0.1, 0.15) is 11.5 Å². The summed E-state index contributed by atoms with van der Waals surface area (Å²) in [6.07, 6.45) is 0. The maximum Gasteiger partial charge on any atom is 0.261 e. The number of nitrogens with one attached hydrogen (secondary N) is 1. The molecule has 100 valence electrons. The molecule has 1 aromatic heterocycles. The molecule has 3 N–H and O–H groups in total. The molecule has 0 radical (unpaired) electrons. The average molecular weight is 280 g/mol. The number of ether oxygens (including phenoxy) is 2. The molecule has 1 aromatic carbocycles. The monoisotopic (exact) mass is 280 g/mol. The van der Waals surface area contributed by atoms with Crippen LogP contribution in [0.3, 0.4) is 0 Å². The summed E-state index contributed by atoms with van der Waals surface area (Å²) in [6, 6.07) is 4.94. The van der Waals surface area contributed by atoms with E-state index in [-0.39, 0.29) is 11.0 Å². The van der Waals surface area contributed by atoms with E-state index < -0.39 is 0 Å². The first kappa shape index (κ1) is 13.1. The lowest BCUT2D eigenvalue weighted by Gasteiger charge is -2.09. The summed E-state index contributed by atoms with van der Waals surface area (Å²) in [5, 5.41) is 10.5. The third-order valence-electron chi connectivity index (χ3n) is 2.31. The van der Waals surface area contributed by atoms with Gasteiger partial charge in [-0.25, -0.2) is 0 Å². The number of amides is 1. The number of benzene rings is 1. The van der Waals surface area contributed by atoms with Crippen molar-refractivity contribution in [2.24, 2.45) is 0 Å². The van der Waals surface area contributed by atoms with Gasteiger partial charge in [-0.05, 0) is 18.2 Å². The number of nitrogen functional groups attached to an aromatic ring is 1. The average Bonchev–Trinajstić information content (AvgIpc) is 2.83. The summed E-state index contributed by atoms with van der Waals surface area (Å²) in [4.78, 5) is 12.1. The molecule has 0 aliphatic heterocycles. The summed E-state index contributed by atoms with van der Waals surface area (Å²) in [7, 11) is 3.01. The van der Waals surface area contributed by atoms with E-state index in [1.165, 1.54) is 14.2 Å². The van der Waals surface area contributed by atoms with Crippen LogP contribution in [0.5, 0.6) is 11.5 Å². The van der Waals surface area contributed by atoms with Gasteiger partial charge in [-0.15, -0.1) is 10.2 Å². The molecule has 7 nitrogen and oxygen atoms in total. The first-order valence-electron chi connectivity index (χ1n) is 5.26. The van der Waals surface area contributed by atoms with Crippen LogP contribution >= 0.6 is 11.3 Å². The first-order chi connectivity index (χ1) is 9.13. The van der Waals surface area contributed by atoms with Crippen molar-refractivity contribution < 1.29 is 14.3 Å². The van der Waals surface area contributed by atoms with E-state index in [2.05, 4.69) is 15.5 Å². The fourth-order valence-corrected chi connectivity index (χ4v) is 1.95. The zero-order valence-corrected chi connectivity index (χ0v) is 11.2. The molecule has 1 heterocycles. The third-order valence-corrected chi connectivity index (χ3v) is 2.98. The van der Waals surface area contributed by atoms with E-state index >= 15 is 0 Å². The second-order valence-corrected chi connectivity index (χ2v) is 4.47. The summed E-state index contributed by atoms with van der Waals surface area (Å²) < 4.78 is 10.2. The van der Waals surface area contributed by atoms with Gasteiger partial charge in [0.15, 0.2) is 0 Å². The minimum Gasteiger partial charge on any atom is -0.497 e. The Morgan fingerprint density at radius 3 is 2.68 bits per heavy atom. The number of anilines is 2. The van der Waals surface area contributed by atoms with Gasteiger partial charge in [0.2, 0.25) is 10.3 Å². The van der Waals surface area contributed by atoms with Crippen LogP contribution in [0.1, 0.15) is 10.4 Å². The lowest BCUT2D eigenvalue weighted by molar-refractivity contribution is 0.102. The van der Waals surface area contributed by atoms with E-state index in [0.717, 1.165) is 11.3 Å². The molecule has 0 aliphatic carbocycles.